The van der Waals surface area contributed by atoms with Crippen molar-refractivity contribution in [3.05, 3.63) is 18.2 Å². The van der Waals surface area contributed by atoms with Crippen molar-refractivity contribution < 1.29 is 4.74 Å². The van der Waals surface area contributed by atoms with Crippen molar-refractivity contribution in [2.45, 2.75) is 71.0 Å². The van der Waals surface area contributed by atoms with Crippen LogP contribution in [0.15, 0.2) is 12.5 Å². The Morgan fingerprint density at radius 3 is 3.00 bits per heavy atom. The Morgan fingerprint density at radius 2 is 2.20 bits per heavy atom. The average Bonchev–Trinajstić information content (AvgIpc) is 2.91. The molecule has 1 saturated heterocycles. The third-order valence-electron chi connectivity index (χ3n) is 4.05. The fourth-order valence-electron chi connectivity index (χ4n) is 2.86. The van der Waals surface area contributed by atoms with Gasteiger partial charge in [0, 0.05) is 38.0 Å². The number of hydrogen-bond donors (Lipinski definition) is 1. The first-order valence-electron chi connectivity index (χ1n) is 8.15. The van der Waals surface area contributed by atoms with Gasteiger partial charge in [-0.05, 0) is 39.0 Å². The van der Waals surface area contributed by atoms with Gasteiger partial charge in [0.25, 0.3) is 0 Å². The summed E-state index contributed by atoms with van der Waals surface area (Å²) in [6.45, 7) is 7.23. The van der Waals surface area contributed by atoms with Gasteiger partial charge in [-0.1, -0.05) is 13.3 Å². The molecule has 1 aromatic heterocycles. The molecule has 4 heteroatoms. The molecule has 0 spiro atoms. The summed E-state index contributed by atoms with van der Waals surface area (Å²) in [5.41, 5.74) is 1.34. The van der Waals surface area contributed by atoms with Gasteiger partial charge in [-0.15, -0.1) is 0 Å². The minimum atomic E-state index is 0.474. The predicted octanol–water partition coefficient (Wildman–Crippen LogP) is 3.29. The minimum absolute atomic E-state index is 0.474. The Kier molecular flexibility index (Phi) is 6.54. The van der Waals surface area contributed by atoms with Crippen LogP contribution >= 0.6 is 0 Å². The normalized spacial score (nSPS) is 23.1. The van der Waals surface area contributed by atoms with Gasteiger partial charge in [0.05, 0.1) is 12.0 Å². The lowest BCUT2D eigenvalue weighted by Crippen LogP contribution is -2.35. The van der Waals surface area contributed by atoms with Crippen molar-refractivity contribution >= 4 is 0 Å². The summed E-state index contributed by atoms with van der Waals surface area (Å²) in [5.74, 6) is 0. The van der Waals surface area contributed by atoms with E-state index >= 15 is 0 Å². The first kappa shape index (κ1) is 15.5. The standard InChI is InChI=1S/C16H29N3O/c1-3-4-10-20-11-6-9-19-13-17-12-16(19)15-8-5-7-14(2)18-15/h12-15,18H,3-11H2,1-2H3. The predicted molar refractivity (Wildman–Crippen MR) is 81.8 cm³/mol. The van der Waals surface area contributed by atoms with Crippen LogP contribution in [0.1, 0.15) is 64.1 Å². The number of piperidine rings is 1. The topological polar surface area (TPSA) is 39.1 Å². The van der Waals surface area contributed by atoms with Crippen LogP contribution in [0.25, 0.3) is 0 Å². The number of ether oxygens (including phenoxy) is 1. The Bertz CT molecular complexity index is 378. The highest BCUT2D eigenvalue weighted by molar-refractivity contribution is 5.07. The molecule has 0 radical (unpaired) electrons. The number of aryl methyl sites for hydroxylation is 1. The van der Waals surface area contributed by atoms with E-state index in [4.69, 9.17) is 4.74 Å². The lowest BCUT2D eigenvalue weighted by molar-refractivity contribution is 0.125. The van der Waals surface area contributed by atoms with Crippen molar-refractivity contribution in [2.24, 2.45) is 0 Å². The summed E-state index contributed by atoms with van der Waals surface area (Å²) in [6.07, 6.45) is 11.2. The van der Waals surface area contributed by atoms with E-state index in [1.807, 2.05) is 12.5 Å². The van der Waals surface area contributed by atoms with Crippen molar-refractivity contribution in [3.8, 4) is 0 Å². The maximum absolute atomic E-state index is 5.63. The SMILES string of the molecule is CCCCOCCCn1cncc1C1CCCC(C)N1. The molecule has 4 nitrogen and oxygen atoms in total. The zero-order chi connectivity index (χ0) is 14.2. The molecule has 0 aliphatic carbocycles. The Labute approximate surface area is 122 Å². The third kappa shape index (κ3) is 4.60. The van der Waals surface area contributed by atoms with E-state index in [1.54, 1.807) is 0 Å². The summed E-state index contributed by atoms with van der Waals surface area (Å²) in [7, 11) is 0. The molecule has 0 amide bonds. The smallest absolute Gasteiger partial charge is 0.0948 e. The zero-order valence-corrected chi connectivity index (χ0v) is 13.0. The number of imidazole rings is 1. The first-order valence-corrected chi connectivity index (χ1v) is 8.15. The van der Waals surface area contributed by atoms with E-state index in [-0.39, 0.29) is 0 Å². The van der Waals surface area contributed by atoms with Crippen LogP contribution < -0.4 is 5.32 Å². The number of nitrogens with one attached hydrogen (secondary N) is 1. The third-order valence-corrected chi connectivity index (χ3v) is 4.05. The van der Waals surface area contributed by atoms with Crippen LogP contribution in [0.3, 0.4) is 0 Å². The first-order chi connectivity index (χ1) is 9.81. The molecule has 2 unspecified atom stereocenters. The van der Waals surface area contributed by atoms with Crippen LogP contribution in [-0.4, -0.2) is 28.8 Å². The number of rotatable bonds is 8. The fourth-order valence-corrected chi connectivity index (χ4v) is 2.86. The minimum Gasteiger partial charge on any atom is -0.381 e. The molecule has 2 atom stereocenters. The summed E-state index contributed by atoms with van der Waals surface area (Å²) >= 11 is 0. The van der Waals surface area contributed by atoms with Crippen molar-refractivity contribution in [3.63, 3.8) is 0 Å². The second-order valence-electron chi connectivity index (χ2n) is 5.88. The molecule has 1 aromatic rings. The fraction of sp³-hybridized carbons (Fsp3) is 0.812. The molecule has 2 heterocycles. The van der Waals surface area contributed by atoms with Gasteiger partial charge in [0.1, 0.15) is 0 Å². The average molecular weight is 279 g/mol. The molecule has 0 bridgehead atoms. The second kappa shape index (κ2) is 8.42. The highest BCUT2D eigenvalue weighted by Crippen LogP contribution is 2.25. The van der Waals surface area contributed by atoms with Gasteiger partial charge in [0.15, 0.2) is 0 Å². The number of nitrogens with zero attached hydrogens (tertiary/aromatic N) is 2. The molecule has 1 aliphatic rings. The van der Waals surface area contributed by atoms with Gasteiger partial charge in [-0.3, -0.25) is 0 Å². The highest BCUT2D eigenvalue weighted by atomic mass is 16.5. The number of hydrogen-bond acceptors (Lipinski definition) is 3. The second-order valence-corrected chi connectivity index (χ2v) is 5.88. The van der Waals surface area contributed by atoms with Crippen LogP contribution in [0, 0.1) is 0 Å². The Morgan fingerprint density at radius 1 is 1.35 bits per heavy atom. The Balaban J connectivity index is 1.76. The van der Waals surface area contributed by atoms with Gasteiger partial charge < -0.3 is 14.6 Å². The number of aromatic nitrogens is 2. The van der Waals surface area contributed by atoms with E-state index in [1.165, 1.54) is 37.8 Å². The Hall–Kier alpha value is -0.870. The van der Waals surface area contributed by atoms with E-state index in [2.05, 4.69) is 28.7 Å². The molecular formula is C16H29N3O. The summed E-state index contributed by atoms with van der Waals surface area (Å²) in [6, 6.07) is 1.09. The van der Waals surface area contributed by atoms with Crippen molar-refractivity contribution in [1.82, 2.24) is 14.9 Å². The van der Waals surface area contributed by atoms with Crippen molar-refractivity contribution in [2.75, 3.05) is 13.2 Å². The molecule has 20 heavy (non-hydrogen) atoms. The van der Waals surface area contributed by atoms with Crippen LogP contribution in [-0.2, 0) is 11.3 Å². The number of unbranched alkanes of at least 4 members (excludes halogenated alkanes) is 1. The lowest BCUT2D eigenvalue weighted by atomic mass is 9.97. The van der Waals surface area contributed by atoms with Gasteiger partial charge in [-0.25, -0.2) is 4.98 Å². The largest absolute Gasteiger partial charge is 0.381 e. The van der Waals surface area contributed by atoms with Crippen LogP contribution in [0.4, 0.5) is 0 Å². The summed E-state index contributed by atoms with van der Waals surface area (Å²) in [5, 5.41) is 3.69. The molecular weight excluding hydrogens is 250 g/mol. The van der Waals surface area contributed by atoms with Crippen molar-refractivity contribution in [1.29, 1.82) is 0 Å². The molecule has 114 valence electrons. The zero-order valence-electron chi connectivity index (χ0n) is 13.0. The van der Waals surface area contributed by atoms with Gasteiger partial charge in [0.2, 0.25) is 0 Å². The van der Waals surface area contributed by atoms with Gasteiger partial charge >= 0.3 is 0 Å². The van der Waals surface area contributed by atoms with Crippen LogP contribution in [0.5, 0.6) is 0 Å². The monoisotopic (exact) mass is 279 g/mol. The molecule has 1 fully saturated rings. The molecule has 0 aromatic carbocycles. The molecule has 1 N–H and O–H groups in total. The molecule has 0 saturated carbocycles. The lowest BCUT2D eigenvalue weighted by Gasteiger charge is -2.29. The van der Waals surface area contributed by atoms with E-state index in [0.717, 1.165) is 26.2 Å². The summed E-state index contributed by atoms with van der Waals surface area (Å²) in [4.78, 5) is 4.33. The van der Waals surface area contributed by atoms with E-state index < -0.39 is 0 Å². The van der Waals surface area contributed by atoms with Crippen LogP contribution in [0.2, 0.25) is 0 Å². The summed E-state index contributed by atoms with van der Waals surface area (Å²) < 4.78 is 7.92. The highest BCUT2D eigenvalue weighted by Gasteiger charge is 2.21. The quantitative estimate of drug-likeness (QED) is 0.742. The van der Waals surface area contributed by atoms with E-state index in [0.29, 0.717) is 12.1 Å². The van der Waals surface area contributed by atoms with E-state index in [9.17, 15) is 0 Å². The maximum Gasteiger partial charge on any atom is 0.0948 e. The molecule has 1 aliphatic heterocycles. The maximum atomic E-state index is 5.63. The molecule has 2 rings (SSSR count). The van der Waals surface area contributed by atoms with Gasteiger partial charge in [-0.2, -0.15) is 0 Å².